The van der Waals surface area contributed by atoms with E-state index in [1.54, 1.807) is 0 Å². The van der Waals surface area contributed by atoms with E-state index >= 15 is 0 Å². The Hall–Kier alpha value is -1.46. The van der Waals surface area contributed by atoms with Gasteiger partial charge in [-0.1, -0.05) is 11.6 Å². The Morgan fingerprint density at radius 2 is 2.16 bits per heavy atom. The number of hydrogen-bond acceptors (Lipinski definition) is 4. The topological polar surface area (TPSA) is 50.8 Å². The highest BCUT2D eigenvalue weighted by Crippen LogP contribution is 2.26. The van der Waals surface area contributed by atoms with Gasteiger partial charge in [0, 0.05) is 30.2 Å². The fraction of sp³-hybridized carbons (Fsp3) is 0.632. The average molecular weight is 369 g/mol. The van der Waals surface area contributed by atoms with Crippen molar-refractivity contribution in [2.75, 3.05) is 26.2 Å². The molecule has 1 aromatic rings. The summed E-state index contributed by atoms with van der Waals surface area (Å²) in [4.78, 5) is 14.1. The molecule has 0 spiro atoms. The quantitative estimate of drug-likeness (QED) is 0.821. The largest absolute Gasteiger partial charge is 0.494 e. The van der Waals surface area contributed by atoms with E-state index < -0.39 is 5.60 Å². The van der Waals surface area contributed by atoms with Crippen molar-refractivity contribution in [2.45, 2.75) is 46.3 Å². The molecule has 1 atom stereocenters. The van der Waals surface area contributed by atoms with Gasteiger partial charge in [0.2, 0.25) is 0 Å². The molecule has 140 valence electrons. The predicted octanol–water partition coefficient (Wildman–Crippen LogP) is 4.09. The number of carbonyl (C=O) groups excluding carboxylic acids is 1. The highest BCUT2D eigenvalue weighted by atomic mass is 35.5. The predicted molar refractivity (Wildman–Crippen MR) is 100 cm³/mol. The summed E-state index contributed by atoms with van der Waals surface area (Å²) in [5.41, 5.74) is 0.642. The Labute approximate surface area is 155 Å². The van der Waals surface area contributed by atoms with Crippen LogP contribution >= 0.6 is 11.6 Å². The van der Waals surface area contributed by atoms with Gasteiger partial charge < -0.3 is 14.8 Å². The summed E-state index contributed by atoms with van der Waals surface area (Å²) in [5.74, 6) is 1.32. The molecule has 1 aliphatic heterocycles. The number of carbonyl (C=O) groups is 1. The summed E-state index contributed by atoms with van der Waals surface area (Å²) in [6, 6.07) is 5.76. The van der Waals surface area contributed by atoms with Gasteiger partial charge in [-0.3, -0.25) is 4.90 Å². The van der Waals surface area contributed by atoms with Crippen LogP contribution in [-0.2, 0) is 11.3 Å². The molecule has 2 rings (SSSR count). The lowest BCUT2D eigenvalue weighted by Crippen LogP contribution is -2.36. The van der Waals surface area contributed by atoms with Crippen LogP contribution in [0, 0.1) is 5.92 Å². The van der Waals surface area contributed by atoms with E-state index in [4.69, 9.17) is 21.1 Å². The third kappa shape index (κ3) is 6.75. The van der Waals surface area contributed by atoms with E-state index in [9.17, 15) is 4.79 Å². The molecule has 25 heavy (non-hydrogen) atoms. The third-order valence-electron chi connectivity index (χ3n) is 4.02. The molecule has 0 aliphatic carbocycles. The number of amides is 1. The van der Waals surface area contributed by atoms with Crippen LogP contribution in [0.3, 0.4) is 0 Å². The summed E-state index contributed by atoms with van der Waals surface area (Å²) in [7, 11) is 0. The van der Waals surface area contributed by atoms with Gasteiger partial charge in [-0.25, -0.2) is 4.79 Å². The highest BCUT2D eigenvalue weighted by Gasteiger charge is 2.25. The fourth-order valence-electron chi connectivity index (χ4n) is 2.97. The van der Waals surface area contributed by atoms with Crippen LogP contribution in [0.2, 0.25) is 5.02 Å². The van der Waals surface area contributed by atoms with Gasteiger partial charge in [0.25, 0.3) is 0 Å². The maximum absolute atomic E-state index is 11.8. The number of halogens is 1. The monoisotopic (exact) mass is 368 g/mol. The first-order valence-electron chi connectivity index (χ1n) is 8.87. The second-order valence-electron chi connectivity index (χ2n) is 7.46. The number of rotatable bonds is 6. The lowest BCUT2D eigenvalue weighted by atomic mass is 10.1. The van der Waals surface area contributed by atoms with Gasteiger partial charge in [-0.15, -0.1) is 0 Å². The molecule has 6 heteroatoms. The zero-order chi connectivity index (χ0) is 18.4. The lowest BCUT2D eigenvalue weighted by Gasteiger charge is -2.21. The Balaban J connectivity index is 1.83. The molecule has 1 N–H and O–H groups in total. The molecule has 1 amide bonds. The first-order chi connectivity index (χ1) is 11.8. The number of nitrogens with one attached hydrogen (secondary N) is 1. The van der Waals surface area contributed by atoms with Gasteiger partial charge in [0.05, 0.1) is 6.61 Å². The molecule has 0 radical (unpaired) electrons. The molecular formula is C19H29ClN2O3. The van der Waals surface area contributed by atoms with E-state index in [2.05, 4.69) is 10.2 Å². The normalized spacial score (nSPS) is 18.2. The van der Waals surface area contributed by atoms with E-state index in [0.717, 1.165) is 42.4 Å². The molecule has 1 saturated heterocycles. The van der Waals surface area contributed by atoms with Crippen molar-refractivity contribution in [3.63, 3.8) is 0 Å². The van der Waals surface area contributed by atoms with Gasteiger partial charge >= 0.3 is 6.09 Å². The van der Waals surface area contributed by atoms with Crippen molar-refractivity contribution >= 4 is 17.7 Å². The zero-order valence-electron chi connectivity index (χ0n) is 15.6. The van der Waals surface area contributed by atoms with E-state index in [-0.39, 0.29) is 6.09 Å². The molecule has 0 aromatic heterocycles. The Bertz CT molecular complexity index is 587. The van der Waals surface area contributed by atoms with Crippen LogP contribution in [0.1, 0.15) is 39.7 Å². The molecule has 1 aliphatic rings. The third-order valence-corrected chi connectivity index (χ3v) is 4.26. The highest BCUT2D eigenvalue weighted by molar-refractivity contribution is 6.30. The first-order valence-corrected chi connectivity index (χ1v) is 9.25. The van der Waals surface area contributed by atoms with Gasteiger partial charge in [-0.2, -0.15) is 0 Å². The van der Waals surface area contributed by atoms with E-state index in [1.165, 1.54) is 0 Å². The molecule has 0 saturated carbocycles. The molecule has 0 unspecified atom stereocenters. The van der Waals surface area contributed by atoms with Gasteiger partial charge in [0.15, 0.2) is 0 Å². The summed E-state index contributed by atoms with van der Waals surface area (Å²) >= 11 is 6.13. The molecule has 1 heterocycles. The Morgan fingerprint density at radius 3 is 2.84 bits per heavy atom. The standard InChI is InChI=1S/C19H29ClN2O3/c1-5-24-17-7-6-16(20)10-15(17)13-22-9-8-14(12-22)11-21-18(23)25-19(2,3)4/h6-7,10,14H,5,8-9,11-13H2,1-4H3,(H,21,23)/t14-/m0/s1. The van der Waals surface area contributed by atoms with E-state index in [1.807, 2.05) is 45.9 Å². The second kappa shape index (κ2) is 8.77. The zero-order valence-corrected chi connectivity index (χ0v) is 16.4. The number of benzene rings is 1. The van der Waals surface area contributed by atoms with Crippen molar-refractivity contribution < 1.29 is 14.3 Å². The molecule has 5 nitrogen and oxygen atoms in total. The first kappa shape index (κ1) is 19.9. The lowest BCUT2D eigenvalue weighted by molar-refractivity contribution is 0.0519. The number of alkyl carbamates (subject to hydrolysis) is 1. The SMILES string of the molecule is CCOc1ccc(Cl)cc1CN1CC[C@@H](CNC(=O)OC(C)(C)C)C1. The second-order valence-corrected chi connectivity index (χ2v) is 7.89. The molecule has 0 bridgehead atoms. The van der Waals surface area contributed by atoms with Crippen molar-refractivity contribution in [3.05, 3.63) is 28.8 Å². The maximum Gasteiger partial charge on any atom is 0.407 e. The van der Waals surface area contributed by atoms with Gasteiger partial charge in [0.1, 0.15) is 11.4 Å². The van der Waals surface area contributed by atoms with Crippen molar-refractivity contribution in [3.8, 4) is 5.75 Å². The summed E-state index contributed by atoms with van der Waals surface area (Å²) in [6.45, 7) is 11.6. The fourth-order valence-corrected chi connectivity index (χ4v) is 3.17. The summed E-state index contributed by atoms with van der Waals surface area (Å²) in [5, 5.41) is 3.60. The van der Waals surface area contributed by atoms with Crippen molar-refractivity contribution in [2.24, 2.45) is 5.92 Å². The minimum atomic E-state index is -0.464. The smallest absolute Gasteiger partial charge is 0.407 e. The van der Waals surface area contributed by atoms with Crippen molar-refractivity contribution in [1.82, 2.24) is 10.2 Å². The van der Waals surface area contributed by atoms with Crippen LogP contribution < -0.4 is 10.1 Å². The summed E-state index contributed by atoms with van der Waals surface area (Å²) in [6.07, 6.45) is 0.708. The van der Waals surface area contributed by atoms with Crippen molar-refractivity contribution in [1.29, 1.82) is 0 Å². The number of hydrogen-bond donors (Lipinski definition) is 1. The van der Waals surface area contributed by atoms with Crippen LogP contribution in [0.15, 0.2) is 18.2 Å². The summed E-state index contributed by atoms with van der Waals surface area (Å²) < 4.78 is 11.0. The van der Waals surface area contributed by atoms with Crippen LogP contribution in [0.25, 0.3) is 0 Å². The Kier molecular flexibility index (Phi) is 6.96. The number of nitrogens with zero attached hydrogens (tertiary/aromatic N) is 1. The molecule has 1 fully saturated rings. The molecular weight excluding hydrogens is 340 g/mol. The minimum Gasteiger partial charge on any atom is -0.494 e. The van der Waals surface area contributed by atoms with Crippen LogP contribution in [0.5, 0.6) is 5.75 Å². The number of likely N-dealkylation sites (tertiary alicyclic amines) is 1. The van der Waals surface area contributed by atoms with Crippen LogP contribution in [0.4, 0.5) is 4.79 Å². The van der Waals surface area contributed by atoms with Gasteiger partial charge in [-0.05, 0) is 64.8 Å². The molecule has 1 aromatic carbocycles. The minimum absolute atomic E-state index is 0.348. The maximum atomic E-state index is 11.8. The average Bonchev–Trinajstić information content (AvgIpc) is 2.94. The number of ether oxygens (including phenoxy) is 2. The van der Waals surface area contributed by atoms with Crippen LogP contribution in [-0.4, -0.2) is 42.8 Å². The van der Waals surface area contributed by atoms with E-state index in [0.29, 0.717) is 19.1 Å². The Morgan fingerprint density at radius 1 is 1.40 bits per heavy atom.